The average Bonchev–Trinajstić information content (AvgIpc) is 2.51. The molecule has 3 nitrogen and oxygen atoms in total. The molecule has 0 aliphatic carbocycles. The Morgan fingerprint density at radius 2 is 1.76 bits per heavy atom. The Labute approximate surface area is 135 Å². The normalized spacial score (nSPS) is 10.6. The molecule has 0 atom stereocenters. The van der Waals surface area contributed by atoms with Crippen LogP contribution in [0.1, 0.15) is 5.56 Å². The van der Waals surface area contributed by atoms with Gasteiger partial charge in [-0.2, -0.15) is 0 Å². The molecule has 0 unspecified atom stereocenters. The Balaban J connectivity index is 2.71. The second-order valence-corrected chi connectivity index (χ2v) is 5.52. The monoisotopic (exact) mass is 373 g/mol. The molecule has 2 aromatic carbocycles. The molecule has 112 valence electrons. The topological polar surface area (TPSA) is 44.5 Å². The SMILES string of the molecule is COc1cc(CN)c(-c2ccc(Br)c(Cl)c2F)cc1OC. The molecule has 2 N–H and O–H groups in total. The Morgan fingerprint density at radius 1 is 1.14 bits per heavy atom. The third-order valence-electron chi connectivity index (χ3n) is 3.15. The van der Waals surface area contributed by atoms with Crippen LogP contribution in [0, 0.1) is 5.82 Å². The van der Waals surface area contributed by atoms with E-state index in [1.165, 1.54) is 14.2 Å². The van der Waals surface area contributed by atoms with Crippen LogP contribution in [-0.4, -0.2) is 14.2 Å². The number of nitrogens with two attached hydrogens (primary N) is 1. The lowest BCUT2D eigenvalue weighted by Gasteiger charge is -2.15. The highest BCUT2D eigenvalue weighted by Crippen LogP contribution is 2.39. The summed E-state index contributed by atoms with van der Waals surface area (Å²) in [6.45, 7) is 0.239. The predicted molar refractivity (Wildman–Crippen MR) is 85.5 cm³/mol. The molecule has 0 saturated carbocycles. The molecule has 0 aliphatic rings. The first kappa shape index (κ1) is 16.1. The summed E-state index contributed by atoms with van der Waals surface area (Å²) in [4.78, 5) is 0. The largest absolute Gasteiger partial charge is 0.493 e. The van der Waals surface area contributed by atoms with Gasteiger partial charge in [0, 0.05) is 16.6 Å². The van der Waals surface area contributed by atoms with E-state index in [-0.39, 0.29) is 11.6 Å². The van der Waals surface area contributed by atoms with Gasteiger partial charge < -0.3 is 15.2 Å². The van der Waals surface area contributed by atoms with Crippen molar-refractivity contribution in [3.8, 4) is 22.6 Å². The minimum absolute atomic E-state index is 0.0326. The third-order valence-corrected chi connectivity index (χ3v) is 4.41. The number of benzene rings is 2. The van der Waals surface area contributed by atoms with E-state index in [1.807, 2.05) is 0 Å². The Kier molecular flexibility index (Phi) is 5.08. The van der Waals surface area contributed by atoms with Gasteiger partial charge >= 0.3 is 0 Å². The maximum absolute atomic E-state index is 14.4. The maximum Gasteiger partial charge on any atom is 0.161 e. The molecule has 0 bridgehead atoms. The summed E-state index contributed by atoms with van der Waals surface area (Å²) in [7, 11) is 3.06. The van der Waals surface area contributed by atoms with Crippen LogP contribution < -0.4 is 15.2 Å². The number of methoxy groups -OCH3 is 2. The van der Waals surface area contributed by atoms with E-state index >= 15 is 0 Å². The van der Waals surface area contributed by atoms with E-state index in [0.717, 1.165) is 5.56 Å². The highest BCUT2D eigenvalue weighted by molar-refractivity contribution is 9.10. The predicted octanol–water partition coefficient (Wildman–Crippen LogP) is 4.38. The molecule has 0 amide bonds. The number of halogens is 3. The third kappa shape index (κ3) is 3.00. The van der Waals surface area contributed by atoms with Gasteiger partial charge in [-0.1, -0.05) is 17.7 Å². The minimum atomic E-state index is -0.507. The number of hydrogen-bond donors (Lipinski definition) is 1. The van der Waals surface area contributed by atoms with Crippen LogP contribution in [0.3, 0.4) is 0 Å². The van der Waals surface area contributed by atoms with Gasteiger partial charge in [0.05, 0.1) is 19.2 Å². The number of hydrogen-bond acceptors (Lipinski definition) is 3. The lowest BCUT2D eigenvalue weighted by atomic mass is 9.98. The first-order chi connectivity index (χ1) is 10.0. The van der Waals surface area contributed by atoms with Crippen molar-refractivity contribution < 1.29 is 13.9 Å². The molecule has 0 aromatic heterocycles. The molecule has 0 spiro atoms. The van der Waals surface area contributed by atoms with Crippen molar-refractivity contribution in [1.82, 2.24) is 0 Å². The van der Waals surface area contributed by atoms with Gasteiger partial charge in [0.25, 0.3) is 0 Å². The first-order valence-electron chi connectivity index (χ1n) is 6.12. The van der Waals surface area contributed by atoms with Crippen LogP contribution in [0.25, 0.3) is 11.1 Å². The number of rotatable bonds is 4. The van der Waals surface area contributed by atoms with E-state index in [2.05, 4.69) is 15.9 Å². The zero-order valence-corrected chi connectivity index (χ0v) is 13.9. The summed E-state index contributed by atoms with van der Waals surface area (Å²) in [5, 5.41) is 0.0326. The standard InChI is InChI=1S/C15H14BrClFNO2/c1-20-12-5-8(7-19)10(6-13(12)21-2)9-3-4-11(16)14(17)15(9)18/h3-6H,7,19H2,1-2H3. The Bertz CT molecular complexity index is 679. The summed E-state index contributed by atoms with van der Waals surface area (Å²) in [5.74, 6) is 0.543. The van der Waals surface area contributed by atoms with Crippen LogP contribution in [0.4, 0.5) is 4.39 Å². The zero-order chi connectivity index (χ0) is 15.6. The van der Waals surface area contributed by atoms with Gasteiger partial charge in [0.15, 0.2) is 17.3 Å². The van der Waals surface area contributed by atoms with Crippen molar-refractivity contribution in [2.45, 2.75) is 6.54 Å². The van der Waals surface area contributed by atoms with E-state index < -0.39 is 5.82 Å². The molecule has 2 rings (SSSR count). The van der Waals surface area contributed by atoms with Gasteiger partial charge in [0.1, 0.15) is 0 Å². The number of ether oxygens (including phenoxy) is 2. The molecule has 2 aromatic rings. The van der Waals surface area contributed by atoms with Crippen LogP contribution in [-0.2, 0) is 6.54 Å². The van der Waals surface area contributed by atoms with E-state index in [4.69, 9.17) is 26.8 Å². The van der Waals surface area contributed by atoms with Crippen LogP contribution >= 0.6 is 27.5 Å². The summed E-state index contributed by atoms with van der Waals surface area (Å²) < 4.78 is 25.4. The van der Waals surface area contributed by atoms with Crippen molar-refractivity contribution in [3.05, 3.63) is 45.1 Å². The van der Waals surface area contributed by atoms with Gasteiger partial charge in [0.2, 0.25) is 0 Å². The lowest BCUT2D eigenvalue weighted by Crippen LogP contribution is -2.02. The summed E-state index contributed by atoms with van der Waals surface area (Å²) in [5.41, 5.74) is 7.49. The summed E-state index contributed by atoms with van der Waals surface area (Å²) in [6.07, 6.45) is 0. The molecule has 0 radical (unpaired) electrons. The van der Waals surface area contributed by atoms with Gasteiger partial charge in [-0.05, 0) is 45.3 Å². The van der Waals surface area contributed by atoms with Crippen molar-refractivity contribution in [2.75, 3.05) is 14.2 Å². The lowest BCUT2D eigenvalue weighted by molar-refractivity contribution is 0.354. The summed E-state index contributed by atoms with van der Waals surface area (Å²) in [6, 6.07) is 6.77. The van der Waals surface area contributed by atoms with Crippen LogP contribution in [0.5, 0.6) is 11.5 Å². The first-order valence-corrected chi connectivity index (χ1v) is 7.29. The fourth-order valence-electron chi connectivity index (χ4n) is 2.07. The molecule has 6 heteroatoms. The van der Waals surface area contributed by atoms with Crippen LogP contribution in [0.15, 0.2) is 28.7 Å². The molecule has 21 heavy (non-hydrogen) atoms. The van der Waals surface area contributed by atoms with Crippen LogP contribution in [0.2, 0.25) is 5.02 Å². The van der Waals surface area contributed by atoms with Gasteiger partial charge in [-0.3, -0.25) is 0 Å². The van der Waals surface area contributed by atoms with Crippen molar-refractivity contribution in [3.63, 3.8) is 0 Å². The Hall–Kier alpha value is -1.30. The van der Waals surface area contributed by atoms with E-state index in [0.29, 0.717) is 27.1 Å². The molecule has 0 fully saturated rings. The molecule has 0 saturated heterocycles. The fraction of sp³-hybridized carbons (Fsp3) is 0.200. The molecule has 0 heterocycles. The second kappa shape index (κ2) is 6.64. The van der Waals surface area contributed by atoms with Gasteiger partial charge in [-0.15, -0.1) is 0 Å². The Morgan fingerprint density at radius 3 is 2.33 bits per heavy atom. The average molecular weight is 375 g/mol. The quantitative estimate of drug-likeness (QED) is 0.808. The van der Waals surface area contributed by atoms with E-state index in [1.54, 1.807) is 24.3 Å². The smallest absolute Gasteiger partial charge is 0.161 e. The van der Waals surface area contributed by atoms with E-state index in [9.17, 15) is 4.39 Å². The molecule has 0 aliphatic heterocycles. The summed E-state index contributed by atoms with van der Waals surface area (Å²) >= 11 is 9.15. The minimum Gasteiger partial charge on any atom is -0.493 e. The van der Waals surface area contributed by atoms with Crippen molar-refractivity contribution in [1.29, 1.82) is 0 Å². The fourth-order valence-corrected chi connectivity index (χ4v) is 2.55. The second-order valence-electron chi connectivity index (χ2n) is 4.29. The zero-order valence-electron chi connectivity index (χ0n) is 11.5. The molecular weight excluding hydrogens is 361 g/mol. The highest BCUT2D eigenvalue weighted by Gasteiger charge is 2.17. The molecular formula is C15H14BrClFNO2. The van der Waals surface area contributed by atoms with Crippen molar-refractivity contribution in [2.24, 2.45) is 5.73 Å². The van der Waals surface area contributed by atoms with Gasteiger partial charge in [-0.25, -0.2) is 4.39 Å². The van der Waals surface area contributed by atoms with Crippen molar-refractivity contribution >= 4 is 27.5 Å². The maximum atomic E-state index is 14.4. The highest BCUT2D eigenvalue weighted by atomic mass is 79.9.